The van der Waals surface area contributed by atoms with Crippen LogP contribution >= 0.6 is 0 Å². The first kappa shape index (κ1) is 20.7. The van der Waals surface area contributed by atoms with E-state index in [9.17, 15) is 18.0 Å². The van der Waals surface area contributed by atoms with E-state index >= 15 is 0 Å². The van der Waals surface area contributed by atoms with Gasteiger partial charge in [-0.15, -0.1) is 0 Å². The number of hydrogen-bond donors (Lipinski definition) is 1. The standard InChI is InChI=1S/C18H17F3N2O2.C2H6/c19-18(20,21)11-25-16-8-12(6-7-22-16)10-23-17(24)15-9-14(15)13-4-2-1-3-5-13;1-2/h1-8,14-15H,9-11H2,(H,23,24);1-2H3. The Balaban J connectivity index is 0.00000126. The average Bonchev–Trinajstić information content (AvgIpc) is 3.48. The second kappa shape index (κ2) is 9.39. The molecule has 0 bridgehead atoms. The third-order valence-corrected chi connectivity index (χ3v) is 4.00. The van der Waals surface area contributed by atoms with Gasteiger partial charge in [-0.25, -0.2) is 4.98 Å². The van der Waals surface area contributed by atoms with Crippen molar-refractivity contribution in [2.24, 2.45) is 5.92 Å². The van der Waals surface area contributed by atoms with Crippen molar-refractivity contribution in [2.75, 3.05) is 6.61 Å². The van der Waals surface area contributed by atoms with Gasteiger partial charge >= 0.3 is 6.18 Å². The number of nitrogens with one attached hydrogen (secondary N) is 1. The molecule has 1 aliphatic carbocycles. The maximum atomic E-state index is 12.2. The fraction of sp³-hybridized carbons (Fsp3) is 0.400. The van der Waals surface area contributed by atoms with Crippen LogP contribution in [0.5, 0.6) is 5.88 Å². The summed E-state index contributed by atoms with van der Waals surface area (Å²) in [5.41, 5.74) is 1.78. The monoisotopic (exact) mass is 380 g/mol. The number of carbonyl (C=O) groups excluding carboxylic acids is 1. The number of carbonyl (C=O) groups is 1. The maximum Gasteiger partial charge on any atom is 0.422 e. The summed E-state index contributed by atoms with van der Waals surface area (Å²) in [6, 6.07) is 12.9. The number of pyridine rings is 1. The van der Waals surface area contributed by atoms with Crippen molar-refractivity contribution in [2.45, 2.75) is 38.9 Å². The van der Waals surface area contributed by atoms with Crippen LogP contribution in [-0.4, -0.2) is 23.7 Å². The number of ether oxygens (including phenoxy) is 1. The minimum absolute atomic E-state index is 0.0508. The number of alkyl halides is 3. The molecule has 0 radical (unpaired) electrons. The first-order valence-electron chi connectivity index (χ1n) is 8.89. The van der Waals surface area contributed by atoms with Crippen LogP contribution in [0.25, 0.3) is 0 Å². The van der Waals surface area contributed by atoms with Crippen molar-refractivity contribution >= 4 is 5.91 Å². The van der Waals surface area contributed by atoms with E-state index in [0.717, 1.165) is 12.0 Å². The van der Waals surface area contributed by atoms with Gasteiger partial charge in [-0.05, 0) is 29.5 Å². The van der Waals surface area contributed by atoms with Gasteiger partial charge in [-0.3, -0.25) is 4.79 Å². The van der Waals surface area contributed by atoms with Gasteiger partial charge < -0.3 is 10.1 Å². The topological polar surface area (TPSA) is 51.2 Å². The Kier molecular flexibility index (Phi) is 7.21. The molecular weight excluding hydrogens is 357 g/mol. The van der Waals surface area contributed by atoms with Crippen LogP contribution in [0, 0.1) is 5.92 Å². The molecule has 1 amide bonds. The number of aromatic nitrogens is 1. The summed E-state index contributed by atoms with van der Waals surface area (Å²) in [7, 11) is 0. The van der Waals surface area contributed by atoms with E-state index in [4.69, 9.17) is 0 Å². The zero-order valence-corrected chi connectivity index (χ0v) is 15.3. The third-order valence-electron chi connectivity index (χ3n) is 4.00. The Morgan fingerprint density at radius 3 is 2.59 bits per heavy atom. The number of rotatable bonds is 6. The number of nitrogens with zero attached hydrogens (tertiary/aromatic N) is 1. The van der Waals surface area contributed by atoms with Crippen LogP contribution in [-0.2, 0) is 11.3 Å². The van der Waals surface area contributed by atoms with E-state index in [0.29, 0.717) is 5.56 Å². The van der Waals surface area contributed by atoms with Gasteiger partial charge in [0.15, 0.2) is 6.61 Å². The molecule has 2 unspecified atom stereocenters. The fourth-order valence-corrected chi connectivity index (χ4v) is 2.67. The predicted molar refractivity (Wildman–Crippen MR) is 96.3 cm³/mol. The van der Waals surface area contributed by atoms with Crippen molar-refractivity contribution < 1.29 is 22.7 Å². The van der Waals surface area contributed by atoms with Crippen LogP contribution in [0.1, 0.15) is 37.3 Å². The summed E-state index contributed by atoms with van der Waals surface area (Å²) in [4.78, 5) is 15.9. The molecule has 0 aliphatic heterocycles. The summed E-state index contributed by atoms with van der Waals surface area (Å²) in [5.74, 6) is 0.0237. The number of halogens is 3. The molecule has 7 heteroatoms. The lowest BCUT2D eigenvalue weighted by atomic mass is 10.1. The van der Waals surface area contributed by atoms with Crippen LogP contribution in [0.4, 0.5) is 13.2 Å². The Bertz CT molecular complexity index is 736. The second-order valence-corrected chi connectivity index (χ2v) is 5.98. The van der Waals surface area contributed by atoms with Gasteiger partial charge in [-0.2, -0.15) is 13.2 Å². The summed E-state index contributed by atoms with van der Waals surface area (Å²) in [5, 5.41) is 2.82. The predicted octanol–water partition coefficient (Wildman–Crippen LogP) is 4.47. The molecule has 1 N–H and O–H groups in total. The van der Waals surface area contributed by atoms with Crippen molar-refractivity contribution in [1.29, 1.82) is 0 Å². The number of hydrogen-bond acceptors (Lipinski definition) is 3. The van der Waals surface area contributed by atoms with Crippen molar-refractivity contribution in [1.82, 2.24) is 10.3 Å². The lowest BCUT2D eigenvalue weighted by Crippen LogP contribution is -2.25. The normalized spacial score (nSPS) is 18.1. The highest BCUT2D eigenvalue weighted by atomic mass is 19.4. The Morgan fingerprint density at radius 2 is 1.93 bits per heavy atom. The highest BCUT2D eigenvalue weighted by Gasteiger charge is 2.43. The van der Waals surface area contributed by atoms with Crippen molar-refractivity contribution in [3.63, 3.8) is 0 Å². The minimum atomic E-state index is -4.41. The number of benzene rings is 1. The van der Waals surface area contributed by atoms with Crippen LogP contribution in [0.15, 0.2) is 48.7 Å². The largest absolute Gasteiger partial charge is 0.468 e. The molecule has 0 saturated heterocycles. The van der Waals surface area contributed by atoms with E-state index in [2.05, 4.69) is 15.0 Å². The molecule has 1 fully saturated rings. The van der Waals surface area contributed by atoms with Gasteiger partial charge in [0.2, 0.25) is 11.8 Å². The smallest absolute Gasteiger partial charge is 0.422 e. The molecule has 1 aromatic carbocycles. The zero-order chi connectivity index (χ0) is 19.9. The summed E-state index contributed by atoms with van der Waals surface area (Å²) in [6.45, 7) is 2.83. The lowest BCUT2D eigenvalue weighted by molar-refractivity contribution is -0.154. The minimum Gasteiger partial charge on any atom is -0.468 e. The average molecular weight is 380 g/mol. The maximum absolute atomic E-state index is 12.2. The quantitative estimate of drug-likeness (QED) is 0.805. The van der Waals surface area contributed by atoms with Crippen LogP contribution in [0.2, 0.25) is 0 Å². The molecule has 1 saturated carbocycles. The molecule has 1 aromatic heterocycles. The molecule has 1 heterocycles. The first-order chi connectivity index (χ1) is 12.9. The SMILES string of the molecule is CC.O=C(NCc1ccnc(OCC(F)(F)F)c1)C1CC1c1ccccc1. The summed E-state index contributed by atoms with van der Waals surface area (Å²) < 4.78 is 41.1. The molecule has 1 aliphatic rings. The van der Waals surface area contributed by atoms with Gasteiger partial charge in [0.05, 0.1) is 0 Å². The summed E-state index contributed by atoms with van der Waals surface area (Å²) >= 11 is 0. The molecule has 4 nitrogen and oxygen atoms in total. The summed E-state index contributed by atoms with van der Waals surface area (Å²) in [6.07, 6.45) is -2.24. The van der Waals surface area contributed by atoms with E-state index < -0.39 is 12.8 Å². The molecule has 3 rings (SSSR count). The highest BCUT2D eigenvalue weighted by Crippen LogP contribution is 2.47. The van der Waals surface area contributed by atoms with Gasteiger partial charge in [0, 0.05) is 24.7 Å². The molecular formula is C20H23F3N2O2. The van der Waals surface area contributed by atoms with E-state index in [1.807, 2.05) is 44.2 Å². The molecule has 2 atom stereocenters. The van der Waals surface area contributed by atoms with E-state index in [-0.39, 0.29) is 30.2 Å². The van der Waals surface area contributed by atoms with Gasteiger partial charge in [0.25, 0.3) is 0 Å². The lowest BCUT2D eigenvalue weighted by Gasteiger charge is -2.10. The van der Waals surface area contributed by atoms with E-state index in [1.165, 1.54) is 12.3 Å². The zero-order valence-electron chi connectivity index (χ0n) is 15.3. The number of amides is 1. The molecule has 0 spiro atoms. The molecule has 2 aromatic rings. The first-order valence-corrected chi connectivity index (χ1v) is 8.89. The third kappa shape index (κ3) is 6.58. The molecule has 146 valence electrons. The van der Waals surface area contributed by atoms with Crippen molar-refractivity contribution in [3.05, 3.63) is 59.8 Å². The van der Waals surface area contributed by atoms with E-state index in [1.54, 1.807) is 6.07 Å². The highest BCUT2D eigenvalue weighted by molar-refractivity contribution is 5.82. The Hall–Kier alpha value is -2.57. The van der Waals surface area contributed by atoms with Crippen LogP contribution in [0.3, 0.4) is 0 Å². The Morgan fingerprint density at radius 1 is 1.22 bits per heavy atom. The fourth-order valence-electron chi connectivity index (χ4n) is 2.67. The van der Waals surface area contributed by atoms with Gasteiger partial charge in [0.1, 0.15) is 0 Å². The van der Waals surface area contributed by atoms with Crippen molar-refractivity contribution in [3.8, 4) is 5.88 Å². The van der Waals surface area contributed by atoms with Gasteiger partial charge in [-0.1, -0.05) is 44.2 Å². The van der Waals surface area contributed by atoms with Crippen LogP contribution < -0.4 is 10.1 Å². The Labute approximate surface area is 156 Å². The molecule has 27 heavy (non-hydrogen) atoms. The second-order valence-electron chi connectivity index (χ2n) is 5.98.